The topological polar surface area (TPSA) is 162 Å². The van der Waals surface area contributed by atoms with Crippen LogP contribution in [0.3, 0.4) is 0 Å². The number of fused-ring (bicyclic) bond motifs is 6. The van der Waals surface area contributed by atoms with Gasteiger partial charge in [0.25, 0.3) is 0 Å². The SMILES string of the molecule is CC(=O)O[C@@H]1[C@@H](OC(C)=O)[C@H](O[C@H]2CC[C@]34C[C@]35CC(=O)[C@]3(C)[C@H]6[C@H](C)C[C@]7(OC(=O)[C@@]8(C)O[C@@H]78)O[C@H]6C[C@@]3(C)[C@@H]5CC[C@H]4C2(C)C)OC[C@H]1OC(C)=O. The highest BCUT2D eigenvalue weighted by atomic mass is 16.8. The van der Waals surface area contributed by atoms with Gasteiger partial charge < -0.3 is 37.9 Å². The van der Waals surface area contributed by atoms with Gasteiger partial charge in [0.05, 0.1) is 18.8 Å². The van der Waals surface area contributed by atoms with Gasteiger partial charge in [-0.2, -0.15) is 0 Å². The van der Waals surface area contributed by atoms with Crippen LogP contribution in [0.5, 0.6) is 0 Å². The number of hydrogen-bond donors (Lipinski definition) is 0. The van der Waals surface area contributed by atoms with E-state index >= 15 is 0 Å². The van der Waals surface area contributed by atoms with Crippen LogP contribution in [-0.4, -0.2) is 90.6 Å². The molecule has 13 heteroatoms. The first-order chi connectivity index (χ1) is 25.2. The van der Waals surface area contributed by atoms with E-state index in [1.165, 1.54) is 20.8 Å². The number of epoxide rings is 1. The Labute approximate surface area is 316 Å². The summed E-state index contributed by atoms with van der Waals surface area (Å²) in [6.45, 7) is 16.7. The highest BCUT2D eigenvalue weighted by Gasteiger charge is 2.87. The number of ketones is 1. The van der Waals surface area contributed by atoms with Crippen LogP contribution >= 0.6 is 0 Å². The molecule has 0 bridgehead atoms. The summed E-state index contributed by atoms with van der Waals surface area (Å²) in [5, 5.41) is 0. The molecule has 9 aliphatic rings. The van der Waals surface area contributed by atoms with E-state index in [0.717, 1.165) is 38.5 Å². The maximum absolute atomic E-state index is 14.9. The van der Waals surface area contributed by atoms with E-state index in [2.05, 4.69) is 34.6 Å². The van der Waals surface area contributed by atoms with E-state index in [9.17, 15) is 24.0 Å². The number of esters is 4. The molecule has 9 rings (SSSR count). The molecule has 13 nitrogen and oxygen atoms in total. The number of hydrogen-bond acceptors (Lipinski definition) is 13. The Morgan fingerprint density at radius 3 is 2.09 bits per heavy atom. The molecule has 17 atom stereocenters. The molecule has 9 fully saturated rings. The van der Waals surface area contributed by atoms with E-state index < -0.39 is 65.4 Å². The molecule has 4 heterocycles. The normalized spacial score (nSPS) is 54.4. The molecular formula is C41H56O13. The third kappa shape index (κ3) is 4.55. The maximum Gasteiger partial charge on any atom is 0.343 e. The smallest absolute Gasteiger partial charge is 0.343 e. The van der Waals surface area contributed by atoms with Crippen molar-refractivity contribution >= 4 is 29.7 Å². The lowest BCUT2D eigenvalue weighted by Crippen LogP contribution is -2.63. The van der Waals surface area contributed by atoms with Crippen molar-refractivity contribution in [1.29, 1.82) is 0 Å². The molecule has 5 saturated carbocycles. The first-order valence-corrected chi connectivity index (χ1v) is 20.1. The van der Waals surface area contributed by atoms with Crippen LogP contribution in [0.2, 0.25) is 0 Å². The van der Waals surface area contributed by atoms with Crippen molar-refractivity contribution in [1.82, 2.24) is 0 Å². The second-order valence-corrected chi connectivity index (χ2v) is 19.7. The third-order valence-corrected chi connectivity index (χ3v) is 16.9. The van der Waals surface area contributed by atoms with Crippen molar-refractivity contribution in [3.63, 3.8) is 0 Å². The molecule has 0 amide bonds. The summed E-state index contributed by atoms with van der Waals surface area (Å²) in [5.41, 5.74) is -2.20. The fraction of sp³-hybridized carbons (Fsp3) is 0.878. The average Bonchev–Trinajstić information content (AvgIpc) is 3.90. The van der Waals surface area contributed by atoms with E-state index in [0.29, 0.717) is 24.5 Å². The zero-order valence-electron chi connectivity index (χ0n) is 33.0. The summed E-state index contributed by atoms with van der Waals surface area (Å²) < 4.78 is 48.3. The molecule has 0 aromatic rings. The molecule has 3 spiro atoms. The van der Waals surface area contributed by atoms with E-state index in [1.807, 2.05) is 0 Å². The second kappa shape index (κ2) is 11.3. The molecule has 0 radical (unpaired) electrons. The third-order valence-electron chi connectivity index (χ3n) is 16.9. The van der Waals surface area contributed by atoms with Gasteiger partial charge in [0.2, 0.25) is 5.79 Å². The van der Waals surface area contributed by atoms with Crippen LogP contribution in [0.25, 0.3) is 0 Å². The zero-order valence-corrected chi connectivity index (χ0v) is 33.0. The lowest BCUT2D eigenvalue weighted by atomic mass is 9.41. The van der Waals surface area contributed by atoms with Gasteiger partial charge in [-0.1, -0.05) is 34.6 Å². The first kappa shape index (κ1) is 37.0. The summed E-state index contributed by atoms with van der Waals surface area (Å²) in [7, 11) is 0. The summed E-state index contributed by atoms with van der Waals surface area (Å²) >= 11 is 0. The van der Waals surface area contributed by atoms with Gasteiger partial charge in [0.15, 0.2) is 36.3 Å². The minimum atomic E-state index is -1.14. The molecule has 0 aromatic heterocycles. The van der Waals surface area contributed by atoms with Crippen molar-refractivity contribution in [2.75, 3.05) is 6.61 Å². The average molecular weight is 757 g/mol. The monoisotopic (exact) mass is 756 g/mol. The van der Waals surface area contributed by atoms with E-state index in [1.54, 1.807) is 6.92 Å². The molecule has 0 aromatic carbocycles. The molecule has 4 saturated heterocycles. The second-order valence-electron chi connectivity index (χ2n) is 19.7. The van der Waals surface area contributed by atoms with Crippen LogP contribution in [0, 0.1) is 50.7 Å². The van der Waals surface area contributed by atoms with Crippen molar-refractivity contribution in [2.24, 2.45) is 50.7 Å². The number of Topliss-reactive ketones (excluding diaryl/α,β-unsaturated/α-hetero) is 1. The Morgan fingerprint density at radius 2 is 1.46 bits per heavy atom. The van der Waals surface area contributed by atoms with Crippen LogP contribution in [-0.2, 0) is 61.9 Å². The summed E-state index contributed by atoms with van der Waals surface area (Å²) in [4.78, 5) is 64.1. The fourth-order valence-electron chi connectivity index (χ4n) is 14.8. The Bertz CT molecular complexity index is 1710. The molecule has 4 aliphatic heterocycles. The Kier molecular flexibility index (Phi) is 7.73. The molecular weight excluding hydrogens is 700 g/mol. The van der Waals surface area contributed by atoms with Crippen LogP contribution < -0.4 is 0 Å². The number of rotatable bonds is 5. The van der Waals surface area contributed by atoms with E-state index in [4.69, 9.17) is 37.9 Å². The fourth-order valence-corrected chi connectivity index (χ4v) is 14.8. The van der Waals surface area contributed by atoms with Crippen molar-refractivity contribution < 1.29 is 61.9 Å². The summed E-state index contributed by atoms with van der Waals surface area (Å²) in [6.07, 6.45) is 1.33. The van der Waals surface area contributed by atoms with Gasteiger partial charge in [-0.15, -0.1) is 0 Å². The zero-order chi connectivity index (χ0) is 38.8. The van der Waals surface area contributed by atoms with Gasteiger partial charge in [-0.3, -0.25) is 19.2 Å². The predicted octanol–water partition coefficient (Wildman–Crippen LogP) is 4.59. The maximum atomic E-state index is 14.9. The van der Waals surface area contributed by atoms with Crippen molar-refractivity contribution in [3.05, 3.63) is 0 Å². The standard InChI is InChI=1S/C41H56O13/c1-19-14-41(33-38(9,53-33)34(46)54-41)52-23-15-36(7)26-11-10-25-35(5,6)28(12-13-39(25)18-40(26,39)16-27(45)37(36,8)29(19)23)51-32-31(50-22(4)44)30(49-21(3)43)24(17-47-32)48-20(2)42/h19,23-26,28-33H,10-18H2,1-9H3/t19-,23+,24-,25+,26+,28+,29+,30+,31-,32+,33-,36+,37-,38+,39-,40+,41-/m1/s1. The molecule has 0 unspecified atom stereocenters. The number of carbonyl (C=O) groups is 5. The van der Waals surface area contributed by atoms with Gasteiger partial charge in [-0.25, -0.2) is 4.79 Å². The number of ether oxygens (including phenoxy) is 8. The van der Waals surface area contributed by atoms with E-state index in [-0.39, 0.29) is 64.2 Å². The Balaban J connectivity index is 0.968. The van der Waals surface area contributed by atoms with Crippen LogP contribution in [0.1, 0.15) is 114 Å². The lowest BCUT2D eigenvalue weighted by molar-refractivity contribution is -0.307. The van der Waals surface area contributed by atoms with Gasteiger partial charge in [0.1, 0.15) is 5.78 Å². The predicted molar refractivity (Wildman–Crippen MR) is 185 cm³/mol. The Morgan fingerprint density at radius 1 is 0.796 bits per heavy atom. The highest BCUT2D eigenvalue weighted by Crippen LogP contribution is 2.89. The minimum Gasteiger partial charge on any atom is -0.456 e. The van der Waals surface area contributed by atoms with Gasteiger partial charge >= 0.3 is 23.9 Å². The lowest BCUT2D eigenvalue weighted by Gasteiger charge is -2.62. The molecule has 0 N–H and O–H groups in total. The van der Waals surface area contributed by atoms with Crippen LogP contribution in [0.4, 0.5) is 0 Å². The van der Waals surface area contributed by atoms with Crippen molar-refractivity contribution in [2.45, 2.75) is 168 Å². The quantitative estimate of drug-likeness (QED) is 0.166. The molecule has 5 aliphatic carbocycles. The molecule has 54 heavy (non-hydrogen) atoms. The van der Waals surface area contributed by atoms with Crippen molar-refractivity contribution in [3.8, 4) is 0 Å². The van der Waals surface area contributed by atoms with Gasteiger partial charge in [-0.05, 0) is 84.9 Å². The number of carbonyl (C=O) groups excluding carboxylic acids is 5. The first-order valence-electron chi connectivity index (χ1n) is 20.1. The molecule has 298 valence electrons. The Hall–Kier alpha value is -2.61. The summed E-state index contributed by atoms with van der Waals surface area (Å²) in [6, 6.07) is 0. The largest absolute Gasteiger partial charge is 0.456 e. The highest BCUT2D eigenvalue weighted by molar-refractivity contribution is 5.89. The van der Waals surface area contributed by atoms with Gasteiger partial charge in [0, 0.05) is 44.9 Å². The van der Waals surface area contributed by atoms with Crippen LogP contribution in [0.15, 0.2) is 0 Å². The minimum absolute atomic E-state index is 0.00517. The summed E-state index contributed by atoms with van der Waals surface area (Å²) in [5.74, 6) is -2.10.